The van der Waals surface area contributed by atoms with Crippen LogP contribution in [-0.4, -0.2) is 62.2 Å². The average molecular weight is 281 g/mol. The van der Waals surface area contributed by atoms with Gasteiger partial charge in [0.15, 0.2) is 0 Å². The van der Waals surface area contributed by atoms with Gasteiger partial charge in [-0.15, -0.1) is 0 Å². The number of rotatable bonds is 4. The first-order valence-corrected chi connectivity index (χ1v) is 6.75. The molecule has 0 aliphatic carbocycles. The number of amides is 2. The standard InChI is InChI=1S/C14H20FN3O2/c1-17-6-8-18(9-7-17)14(19)16-5-10-20-13-4-2-3-12(15)11-13/h2-4,11H,5-10H2,1H3,(H,16,19). The van der Waals surface area contributed by atoms with Gasteiger partial charge in [0.25, 0.3) is 0 Å². The Hall–Kier alpha value is -1.82. The van der Waals surface area contributed by atoms with Crippen LogP contribution < -0.4 is 10.1 Å². The van der Waals surface area contributed by atoms with Crippen LogP contribution in [0.5, 0.6) is 5.75 Å². The lowest BCUT2D eigenvalue weighted by atomic mass is 10.3. The molecule has 0 bridgehead atoms. The summed E-state index contributed by atoms with van der Waals surface area (Å²) < 4.78 is 18.3. The van der Waals surface area contributed by atoms with Crippen LogP contribution in [0.1, 0.15) is 0 Å². The molecule has 1 N–H and O–H groups in total. The number of carbonyl (C=O) groups is 1. The van der Waals surface area contributed by atoms with Crippen LogP contribution in [0.3, 0.4) is 0 Å². The molecule has 1 aliphatic heterocycles. The quantitative estimate of drug-likeness (QED) is 0.842. The number of hydrogen-bond donors (Lipinski definition) is 1. The molecule has 1 saturated heterocycles. The second kappa shape index (κ2) is 7.09. The lowest BCUT2D eigenvalue weighted by Crippen LogP contribution is -2.51. The van der Waals surface area contributed by atoms with E-state index in [4.69, 9.17) is 4.74 Å². The van der Waals surface area contributed by atoms with Gasteiger partial charge in [0.05, 0.1) is 6.54 Å². The highest BCUT2D eigenvalue weighted by Crippen LogP contribution is 2.11. The molecule has 0 radical (unpaired) electrons. The van der Waals surface area contributed by atoms with Crippen molar-refractivity contribution in [2.45, 2.75) is 0 Å². The molecule has 0 atom stereocenters. The van der Waals surface area contributed by atoms with E-state index < -0.39 is 0 Å². The van der Waals surface area contributed by atoms with Crippen molar-refractivity contribution in [3.63, 3.8) is 0 Å². The molecular weight excluding hydrogens is 261 g/mol. The van der Waals surface area contributed by atoms with Gasteiger partial charge in [-0.1, -0.05) is 6.07 Å². The van der Waals surface area contributed by atoms with Gasteiger partial charge in [0, 0.05) is 32.2 Å². The van der Waals surface area contributed by atoms with Crippen molar-refractivity contribution in [2.75, 3.05) is 46.4 Å². The molecule has 1 aliphatic rings. The van der Waals surface area contributed by atoms with E-state index in [-0.39, 0.29) is 11.8 Å². The van der Waals surface area contributed by atoms with Gasteiger partial charge in [0.2, 0.25) is 0 Å². The van der Waals surface area contributed by atoms with Crippen molar-refractivity contribution in [1.29, 1.82) is 0 Å². The number of piperazine rings is 1. The van der Waals surface area contributed by atoms with Gasteiger partial charge in [-0.2, -0.15) is 0 Å². The average Bonchev–Trinajstić information content (AvgIpc) is 2.44. The summed E-state index contributed by atoms with van der Waals surface area (Å²) in [7, 11) is 2.04. The van der Waals surface area contributed by atoms with E-state index in [0.29, 0.717) is 18.9 Å². The summed E-state index contributed by atoms with van der Waals surface area (Å²) in [5, 5.41) is 2.80. The number of benzene rings is 1. The van der Waals surface area contributed by atoms with E-state index in [9.17, 15) is 9.18 Å². The first-order valence-electron chi connectivity index (χ1n) is 6.75. The molecule has 0 unspecified atom stereocenters. The number of ether oxygens (including phenoxy) is 1. The van der Waals surface area contributed by atoms with Crippen molar-refractivity contribution in [3.8, 4) is 5.75 Å². The van der Waals surface area contributed by atoms with Crippen molar-refractivity contribution in [2.24, 2.45) is 0 Å². The normalized spacial score (nSPS) is 16.0. The van der Waals surface area contributed by atoms with Crippen LogP contribution >= 0.6 is 0 Å². The van der Waals surface area contributed by atoms with Crippen LogP contribution in [-0.2, 0) is 0 Å². The van der Waals surface area contributed by atoms with Gasteiger partial charge in [-0.3, -0.25) is 0 Å². The van der Waals surface area contributed by atoms with Crippen LogP contribution in [0, 0.1) is 5.82 Å². The maximum absolute atomic E-state index is 12.9. The Morgan fingerprint density at radius 3 is 2.80 bits per heavy atom. The third-order valence-corrected chi connectivity index (χ3v) is 3.23. The fourth-order valence-corrected chi connectivity index (χ4v) is 2.00. The van der Waals surface area contributed by atoms with Crippen molar-refractivity contribution < 1.29 is 13.9 Å². The van der Waals surface area contributed by atoms with E-state index in [1.165, 1.54) is 12.1 Å². The Bertz CT molecular complexity index is 448. The Morgan fingerprint density at radius 2 is 2.10 bits per heavy atom. The summed E-state index contributed by atoms with van der Waals surface area (Å²) in [5.74, 6) is 0.141. The maximum Gasteiger partial charge on any atom is 0.317 e. The molecule has 0 spiro atoms. The molecule has 1 aromatic carbocycles. The van der Waals surface area contributed by atoms with Crippen molar-refractivity contribution in [1.82, 2.24) is 15.1 Å². The number of likely N-dealkylation sites (N-methyl/N-ethyl adjacent to an activating group) is 1. The van der Waals surface area contributed by atoms with Crippen molar-refractivity contribution >= 4 is 6.03 Å². The summed E-state index contributed by atoms with van der Waals surface area (Å²) in [6, 6.07) is 5.89. The molecule has 1 aromatic rings. The van der Waals surface area contributed by atoms with Crippen LogP contribution in [0.15, 0.2) is 24.3 Å². The largest absolute Gasteiger partial charge is 0.492 e. The molecule has 1 fully saturated rings. The molecule has 0 aromatic heterocycles. The number of nitrogens with one attached hydrogen (secondary N) is 1. The zero-order valence-electron chi connectivity index (χ0n) is 11.6. The molecule has 0 saturated carbocycles. The predicted octanol–water partition coefficient (Wildman–Crippen LogP) is 1.16. The smallest absolute Gasteiger partial charge is 0.317 e. The summed E-state index contributed by atoms with van der Waals surface area (Å²) in [5.41, 5.74) is 0. The molecule has 20 heavy (non-hydrogen) atoms. The van der Waals surface area contributed by atoms with E-state index >= 15 is 0 Å². The van der Waals surface area contributed by atoms with Gasteiger partial charge in [-0.05, 0) is 19.2 Å². The Morgan fingerprint density at radius 1 is 1.35 bits per heavy atom. The number of carbonyl (C=O) groups excluding carboxylic acids is 1. The fraction of sp³-hybridized carbons (Fsp3) is 0.500. The first kappa shape index (κ1) is 14.6. The van der Waals surface area contributed by atoms with E-state index in [1.807, 2.05) is 7.05 Å². The highest BCUT2D eigenvalue weighted by molar-refractivity contribution is 5.74. The minimum absolute atomic E-state index is 0.0686. The Balaban J connectivity index is 1.64. The SMILES string of the molecule is CN1CCN(C(=O)NCCOc2cccc(F)c2)CC1. The monoisotopic (exact) mass is 281 g/mol. The molecule has 2 rings (SSSR count). The third-order valence-electron chi connectivity index (χ3n) is 3.23. The first-order chi connectivity index (χ1) is 9.65. The highest BCUT2D eigenvalue weighted by Gasteiger charge is 2.18. The summed E-state index contributed by atoms with van der Waals surface area (Å²) in [4.78, 5) is 15.8. The van der Waals surface area contributed by atoms with E-state index in [1.54, 1.807) is 17.0 Å². The van der Waals surface area contributed by atoms with Crippen LogP contribution in [0.4, 0.5) is 9.18 Å². The highest BCUT2D eigenvalue weighted by atomic mass is 19.1. The molecule has 1 heterocycles. The van der Waals surface area contributed by atoms with Crippen molar-refractivity contribution in [3.05, 3.63) is 30.1 Å². The topological polar surface area (TPSA) is 44.8 Å². The zero-order chi connectivity index (χ0) is 14.4. The van der Waals surface area contributed by atoms with Gasteiger partial charge < -0.3 is 19.9 Å². The second-order valence-corrected chi connectivity index (χ2v) is 4.83. The van der Waals surface area contributed by atoms with Gasteiger partial charge >= 0.3 is 6.03 Å². The number of halogens is 1. The second-order valence-electron chi connectivity index (χ2n) is 4.83. The lowest BCUT2D eigenvalue weighted by Gasteiger charge is -2.32. The van der Waals surface area contributed by atoms with Gasteiger partial charge in [0.1, 0.15) is 18.2 Å². The third kappa shape index (κ3) is 4.38. The fourth-order valence-electron chi connectivity index (χ4n) is 2.00. The van der Waals surface area contributed by atoms with Crippen LogP contribution in [0.2, 0.25) is 0 Å². The van der Waals surface area contributed by atoms with Gasteiger partial charge in [-0.25, -0.2) is 9.18 Å². The number of hydrogen-bond acceptors (Lipinski definition) is 3. The van der Waals surface area contributed by atoms with E-state index in [2.05, 4.69) is 10.2 Å². The minimum Gasteiger partial charge on any atom is -0.492 e. The molecule has 110 valence electrons. The number of nitrogens with zero attached hydrogens (tertiary/aromatic N) is 2. The molecule has 6 heteroatoms. The molecule has 5 nitrogen and oxygen atoms in total. The minimum atomic E-state index is -0.330. The molecule has 2 amide bonds. The lowest BCUT2D eigenvalue weighted by molar-refractivity contribution is 0.153. The predicted molar refractivity (Wildman–Crippen MR) is 74.4 cm³/mol. The number of urea groups is 1. The molecular formula is C14H20FN3O2. The zero-order valence-corrected chi connectivity index (χ0v) is 11.6. The summed E-state index contributed by atoms with van der Waals surface area (Å²) in [6.07, 6.45) is 0. The Kier molecular flexibility index (Phi) is 5.17. The Labute approximate surface area is 118 Å². The van der Waals surface area contributed by atoms with Crippen LogP contribution in [0.25, 0.3) is 0 Å². The summed E-state index contributed by atoms with van der Waals surface area (Å²) >= 11 is 0. The van der Waals surface area contributed by atoms with E-state index in [0.717, 1.165) is 26.2 Å². The maximum atomic E-state index is 12.9. The summed E-state index contributed by atoms with van der Waals surface area (Å²) in [6.45, 7) is 4.01.